The third-order valence-corrected chi connectivity index (χ3v) is 7.28. The third kappa shape index (κ3) is 5.39. The zero-order valence-corrected chi connectivity index (χ0v) is 22.8. The van der Waals surface area contributed by atoms with Gasteiger partial charge in [-0.25, -0.2) is 9.79 Å². The molecule has 2 aromatic carbocycles. The van der Waals surface area contributed by atoms with Crippen LogP contribution in [0.25, 0.3) is 6.08 Å². The summed E-state index contributed by atoms with van der Waals surface area (Å²) in [7, 11) is 1.59. The van der Waals surface area contributed by atoms with Gasteiger partial charge < -0.3 is 14.2 Å². The molecule has 1 aliphatic heterocycles. The second kappa shape index (κ2) is 11.2. The molecule has 7 nitrogen and oxygen atoms in total. The van der Waals surface area contributed by atoms with Crippen LogP contribution in [0.3, 0.4) is 0 Å². The average molecular weight is 521 g/mol. The number of hydrogen-bond donors (Lipinski definition) is 0. The maximum absolute atomic E-state index is 13.8. The Morgan fingerprint density at radius 1 is 1.14 bits per heavy atom. The average Bonchev–Trinajstić information content (AvgIpc) is 3.18. The van der Waals surface area contributed by atoms with E-state index in [0.29, 0.717) is 32.1 Å². The van der Waals surface area contributed by atoms with Gasteiger partial charge in [0.2, 0.25) is 0 Å². The summed E-state index contributed by atoms with van der Waals surface area (Å²) in [5.41, 5.74) is 3.41. The second-order valence-corrected chi connectivity index (χ2v) is 9.97. The molecule has 0 radical (unpaired) electrons. The van der Waals surface area contributed by atoms with Gasteiger partial charge in [0.25, 0.3) is 5.56 Å². The standard InChI is InChI=1S/C29H32N2O5S/c1-7-18(4)36-22-14-11-20(15-23(22)34-6)16-24-27(32)31-26(21-12-9-17(3)10-13-21)25(28(33)35-8-2)19(5)30-29(31)37-24/h9-16,18,26H,7-8H2,1-6H3/b24-16+/t18-,26+/m1/s1. The third-order valence-electron chi connectivity index (χ3n) is 6.30. The van der Waals surface area contributed by atoms with E-state index in [0.717, 1.165) is 23.1 Å². The second-order valence-electron chi connectivity index (χ2n) is 8.96. The van der Waals surface area contributed by atoms with E-state index in [4.69, 9.17) is 14.2 Å². The molecule has 0 saturated heterocycles. The predicted octanol–water partition coefficient (Wildman–Crippen LogP) is 4.29. The number of nitrogens with zero attached hydrogens (tertiary/aromatic N) is 2. The molecule has 4 rings (SSSR count). The highest BCUT2D eigenvalue weighted by Crippen LogP contribution is 2.31. The fraction of sp³-hybridized carbons (Fsp3) is 0.345. The van der Waals surface area contributed by atoms with Crippen molar-refractivity contribution in [1.29, 1.82) is 0 Å². The number of aryl methyl sites for hydroxylation is 1. The molecule has 0 bridgehead atoms. The van der Waals surface area contributed by atoms with Crippen molar-refractivity contribution in [2.24, 2.45) is 4.99 Å². The Morgan fingerprint density at radius 3 is 2.51 bits per heavy atom. The van der Waals surface area contributed by atoms with Gasteiger partial charge in [0.05, 0.1) is 41.7 Å². The van der Waals surface area contributed by atoms with Crippen molar-refractivity contribution in [1.82, 2.24) is 4.57 Å². The van der Waals surface area contributed by atoms with E-state index in [1.165, 1.54) is 11.3 Å². The van der Waals surface area contributed by atoms with Crippen molar-refractivity contribution in [3.8, 4) is 11.5 Å². The first-order valence-electron chi connectivity index (χ1n) is 12.4. The summed E-state index contributed by atoms with van der Waals surface area (Å²) in [6.07, 6.45) is 2.75. The minimum Gasteiger partial charge on any atom is -0.493 e. The lowest BCUT2D eigenvalue weighted by Crippen LogP contribution is -2.39. The van der Waals surface area contributed by atoms with Crippen LogP contribution in [-0.2, 0) is 9.53 Å². The number of aromatic nitrogens is 1. The Kier molecular flexibility index (Phi) is 7.97. The highest BCUT2D eigenvalue weighted by Gasteiger charge is 2.33. The predicted molar refractivity (Wildman–Crippen MR) is 145 cm³/mol. The summed E-state index contributed by atoms with van der Waals surface area (Å²) < 4.78 is 18.9. The number of allylic oxidation sites excluding steroid dienone is 1. The van der Waals surface area contributed by atoms with E-state index >= 15 is 0 Å². The van der Waals surface area contributed by atoms with Gasteiger partial charge in [-0.1, -0.05) is 54.2 Å². The highest BCUT2D eigenvalue weighted by atomic mass is 32.1. The maximum atomic E-state index is 13.8. The molecular formula is C29H32N2O5S. The van der Waals surface area contributed by atoms with Crippen LogP contribution >= 0.6 is 11.3 Å². The smallest absolute Gasteiger partial charge is 0.338 e. The first kappa shape index (κ1) is 26.4. The molecule has 0 unspecified atom stereocenters. The Bertz CT molecular complexity index is 1520. The van der Waals surface area contributed by atoms with Crippen molar-refractivity contribution >= 4 is 23.4 Å². The molecule has 0 N–H and O–H groups in total. The number of methoxy groups -OCH3 is 1. The van der Waals surface area contributed by atoms with Crippen molar-refractivity contribution in [3.05, 3.63) is 90.1 Å². The molecule has 0 saturated carbocycles. The first-order chi connectivity index (χ1) is 17.8. The van der Waals surface area contributed by atoms with Gasteiger partial charge in [0.1, 0.15) is 0 Å². The number of ether oxygens (including phenoxy) is 3. The zero-order chi connectivity index (χ0) is 26.7. The van der Waals surface area contributed by atoms with Gasteiger partial charge >= 0.3 is 5.97 Å². The highest BCUT2D eigenvalue weighted by molar-refractivity contribution is 7.07. The van der Waals surface area contributed by atoms with Crippen LogP contribution in [0.1, 0.15) is 56.8 Å². The molecule has 0 aliphatic carbocycles. The summed E-state index contributed by atoms with van der Waals surface area (Å²) in [6, 6.07) is 12.8. The number of hydrogen-bond acceptors (Lipinski definition) is 7. The summed E-state index contributed by atoms with van der Waals surface area (Å²) in [5, 5.41) is 0. The maximum Gasteiger partial charge on any atom is 0.338 e. The lowest BCUT2D eigenvalue weighted by atomic mass is 9.95. The number of esters is 1. The van der Waals surface area contributed by atoms with Crippen molar-refractivity contribution in [2.75, 3.05) is 13.7 Å². The lowest BCUT2D eigenvalue weighted by Gasteiger charge is -2.24. The summed E-state index contributed by atoms with van der Waals surface area (Å²) in [5.74, 6) is 0.787. The first-order valence-corrected chi connectivity index (χ1v) is 13.2. The van der Waals surface area contributed by atoms with Crippen molar-refractivity contribution in [2.45, 2.75) is 53.2 Å². The molecule has 8 heteroatoms. The largest absolute Gasteiger partial charge is 0.493 e. The van der Waals surface area contributed by atoms with Crippen molar-refractivity contribution < 1.29 is 19.0 Å². The number of carbonyl (C=O) groups is 1. The van der Waals surface area contributed by atoms with Gasteiger partial charge in [-0.2, -0.15) is 0 Å². The molecule has 1 aliphatic rings. The molecule has 0 amide bonds. The van der Waals surface area contributed by atoms with E-state index in [1.54, 1.807) is 25.5 Å². The monoisotopic (exact) mass is 520 g/mol. The molecule has 1 aromatic heterocycles. The number of fused-ring (bicyclic) bond motifs is 1. The van der Waals surface area contributed by atoms with Gasteiger partial charge in [0, 0.05) is 0 Å². The molecular weight excluding hydrogens is 488 g/mol. The Morgan fingerprint density at radius 2 is 1.86 bits per heavy atom. The van der Waals surface area contributed by atoms with E-state index in [9.17, 15) is 9.59 Å². The summed E-state index contributed by atoms with van der Waals surface area (Å²) in [4.78, 5) is 31.9. The number of rotatable bonds is 8. The van der Waals surface area contributed by atoms with Crippen LogP contribution in [0.15, 0.2) is 63.5 Å². The van der Waals surface area contributed by atoms with Gasteiger partial charge in [-0.05, 0) is 63.5 Å². The van der Waals surface area contributed by atoms with E-state index in [-0.39, 0.29) is 18.3 Å². The quantitative estimate of drug-likeness (QED) is 0.414. The van der Waals surface area contributed by atoms with Crippen LogP contribution in [0, 0.1) is 6.92 Å². The molecule has 2 heterocycles. The Hall–Kier alpha value is -3.65. The van der Waals surface area contributed by atoms with Crippen LogP contribution in [-0.4, -0.2) is 30.4 Å². The van der Waals surface area contributed by atoms with Crippen LogP contribution < -0.4 is 24.4 Å². The topological polar surface area (TPSA) is 79.1 Å². The molecule has 0 fully saturated rings. The Labute approximate surface area is 220 Å². The normalized spacial score (nSPS) is 16.2. The molecule has 2 atom stereocenters. The SMILES string of the molecule is CCOC(=O)C1=C(C)N=c2s/c(=C/c3ccc(O[C@H](C)CC)c(OC)c3)c(=O)n2[C@H]1c1ccc(C)cc1. The van der Waals surface area contributed by atoms with Gasteiger partial charge in [-0.3, -0.25) is 9.36 Å². The van der Waals surface area contributed by atoms with Gasteiger partial charge in [-0.15, -0.1) is 0 Å². The lowest BCUT2D eigenvalue weighted by molar-refractivity contribution is -0.139. The number of thiazole rings is 1. The van der Waals surface area contributed by atoms with E-state index in [2.05, 4.69) is 11.9 Å². The zero-order valence-electron chi connectivity index (χ0n) is 22.0. The van der Waals surface area contributed by atoms with E-state index in [1.807, 2.05) is 62.4 Å². The van der Waals surface area contributed by atoms with E-state index < -0.39 is 12.0 Å². The minimum atomic E-state index is -0.626. The fourth-order valence-corrected chi connectivity index (χ4v) is 5.23. The van der Waals surface area contributed by atoms with Crippen LogP contribution in [0.4, 0.5) is 0 Å². The molecule has 194 valence electrons. The number of benzene rings is 2. The van der Waals surface area contributed by atoms with Crippen LogP contribution in [0.5, 0.6) is 11.5 Å². The summed E-state index contributed by atoms with van der Waals surface area (Å²) >= 11 is 1.29. The minimum absolute atomic E-state index is 0.0575. The van der Waals surface area contributed by atoms with Crippen LogP contribution in [0.2, 0.25) is 0 Å². The fourth-order valence-electron chi connectivity index (χ4n) is 4.18. The van der Waals surface area contributed by atoms with Crippen molar-refractivity contribution in [3.63, 3.8) is 0 Å². The molecule has 3 aromatic rings. The number of carbonyl (C=O) groups excluding carboxylic acids is 1. The van der Waals surface area contributed by atoms with Gasteiger partial charge in [0.15, 0.2) is 16.3 Å². The molecule has 37 heavy (non-hydrogen) atoms. The molecule has 0 spiro atoms. The summed E-state index contributed by atoms with van der Waals surface area (Å²) in [6.45, 7) is 9.84. The Balaban J connectivity index is 1.85.